The van der Waals surface area contributed by atoms with Gasteiger partial charge in [0.15, 0.2) is 0 Å². The Morgan fingerprint density at radius 3 is 2.52 bits per heavy atom. The van der Waals surface area contributed by atoms with E-state index in [0.29, 0.717) is 12.0 Å². The third-order valence-corrected chi connectivity index (χ3v) is 4.48. The number of hydrogen-bond acceptors (Lipinski definition) is 3. The first-order valence-electron chi connectivity index (χ1n) is 8.25. The Hall–Kier alpha value is -1.06. The van der Waals surface area contributed by atoms with E-state index in [1.54, 1.807) is 0 Å². The van der Waals surface area contributed by atoms with Gasteiger partial charge in [0, 0.05) is 19.1 Å². The molecule has 1 N–H and O–H groups in total. The number of hydrogen-bond donors (Lipinski definition) is 1. The van der Waals surface area contributed by atoms with Crippen LogP contribution in [0.15, 0.2) is 24.3 Å². The summed E-state index contributed by atoms with van der Waals surface area (Å²) in [6, 6.07) is 8.95. The van der Waals surface area contributed by atoms with Crippen LogP contribution in [-0.2, 0) is 4.74 Å². The SMILES string of the molecule is CCCOC1C(NC)CC1Oc1ccc(C(C)CC)cc1. The number of nitrogens with one attached hydrogen (secondary N) is 1. The van der Waals surface area contributed by atoms with Gasteiger partial charge in [-0.25, -0.2) is 0 Å². The third kappa shape index (κ3) is 3.98. The molecule has 0 bridgehead atoms. The van der Waals surface area contributed by atoms with Crippen LogP contribution >= 0.6 is 0 Å². The van der Waals surface area contributed by atoms with Gasteiger partial charge in [-0.15, -0.1) is 0 Å². The van der Waals surface area contributed by atoms with Gasteiger partial charge in [0.25, 0.3) is 0 Å². The molecule has 0 heterocycles. The van der Waals surface area contributed by atoms with Gasteiger partial charge >= 0.3 is 0 Å². The first kappa shape index (κ1) is 16.3. The van der Waals surface area contributed by atoms with Crippen LogP contribution in [0.5, 0.6) is 5.75 Å². The quantitative estimate of drug-likeness (QED) is 0.791. The molecule has 1 saturated carbocycles. The van der Waals surface area contributed by atoms with E-state index in [4.69, 9.17) is 9.47 Å². The molecule has 118 valence electrons. The van der Waals surface area contributed by atoms with Gasteiger partial charge in [0.1, 0.15) is 18.0 Å². The third-order valence-electron chi connectivity index (χ3n) is 4.48. The summed E-state index contributed by atoms with van der Waals surface area (Å²) in [4.78, 5) is 0. The minimum absolute atomic E-state index is 0.170. The van der Waals surface area contributed by atoms with E-state index < -0.39 is 0 Å². The second-order valence-electron chi connectivity index (χ2n) is 6.00. The summed E-state index contributed by atoms with van der Waals surface area (Å²) in [6.45, 7) is 7.41. The Balaban J connectivity index is 1.91. The summed E-state index contributed by atoms with van der Waals surface area (Å²) in [7, 11) is 1.99. The second-order valence-corrected chi connectivity index (χ2v) is 6.00. The summed E-state index contributed by atoms with van der Waals surface area (Å²) in [6.07, 6.45) is 3.56. The van der Waals surface area contributed by atoms with Gasteiger partial charge in [0.2, 0.25) is 0 Å². The lowest BCUT2D eigenvalue weighted by Gasteiger charge is -2.43. The lowest BCUT2D eigenvalue weighted by molar-refractivity contribution is -0.106. The van der Waals surface area contributed by atoms with Crippen molar-refractivity contribution in [3.8, 4) is 5.75 Å². The highest BCUT2D eigenvalue weighted by Crippen LogP contribution is 2.30. The zero-order chi connectivity index (χ0) is 15.2. The van der Waals surface area contributed by atoms with Crippen LogP contribution in [0.25, 0.3) is 0 Å². The maximum Gasteiger partial charge on any atom is 0.128 e. The van der Waals surface area contributed by atoms with Crippen LogP contribution in [0.2, 0.25) is 0 Å². The number of ether oxygens (including phenoxy) is 2. The molecule has 1 aliphatic carbocycles. The predicted octanol–water partition coefficient (Wildman–Crippen LogP) is 3.73. The predicted molar refractivity (Wildman–Crippen MR) is 87.1 cm³/mol. The lowest BCUT2D eigenvalue weighted by atomic mass is 9.85. The van der Waals surface area contributed by atoms with E-state index >= 15 is 0 Å². The fourth-order valence-electron chi connectivity index (χ4n) is 2.74. The van der Waals surface area contributed by atoms with E-state index in [1.807, 2.05) is 7.05 Å². The lowest BCUT2D eigenvalue weighted by Crippen LogP contribution is -2.60. The molecule has 4 unspecified atom stereocenters. The first-order chi connectivity index (χ1) is 10.2. The molecular weight excluding hydrogens is 262 g/mol. The standard InChI is InChI=1S/C18H29NO2/c1-5-11-20-18-16(19-4)12-17(18)21-15-9-7-14(8-10-15)13(3)6-2/h7-10,13,16-19H,5-6,11-12H2,1-4H3. The Labute approximate surface area is 129 Å². The fraction of sp³-hybridized carbons (Fsp3) is 0.667. The second kappa shape index (κ2) is 7.81. The minimum Gasteiger partial charge on any atom is -0.488 e. The highest BCUT2D eigenvalue weighted by Gasteiger charge is 2.42. The topological polar surface area (TPSA) is 30.5 Å². The molecule has 0 aromatic heterocycles. The summed E-state index contributed by atoms with van der Waals surface area (Å²) < 4.78 is 12.0. The Morgan fingerprint density at radius 1 is 1.24 bits per heavy atom. The van der Waals surface area contributed by atoms with E-state index in [2.05, 4.69) is 50.4 Å². The van der Waals surface area contributed by atoms with E-state index in [-0.39, 0.29) is 12.2 Å². The van der Waals surface area contributed by atoms with Crippen molar-refractivity contribution in [3.63, 3.8) is 0 Å². The Bertz CT molecular complexity index is 418. The van der Waals surface area contributed by atoms with Crippen molar-refractivity contribution in [2.45, 2.75) is 64.2 Å². The molecule has 0 aliphatic heterocycles. The molecule has 0 amide bonds. The molecule has 21 heavy (non-hydrogen) atoms. The molecule has 1 aliphatic rings. The molecule has 2 rings (SSSR count). The smallest absolute Gasteiger partial charge is 0.128 e. The number of benzene rings is 1. The molecule has 0 saturated heterocycles. The maximum atomic E-state index is 6.10. The van der Waals surface area contributed by atoms with Crippen molar-refractivity contribution in [1.29, 1.82) is 0 Å². The van der Waals surface area contributed by atoms with Gasteiger partial charge in [-0.05, 0) is 43.5 Å². The largest absolute Gasteiger partial charge is 0.488 e. The minimum atomic E-state index is 0.170. The molecule has 0 spiro atoms. The van der Waals surface area contributed by atoms with Crippen LogP contribution < -0.4 is 10.1 Å². The summed E-state index contributed by atoms with van der Waals surface area (Å²) in [5.41, 5.74) is 1.38. The van der Waals surface area contributed by atoms with E-state index in [9.17, 15) is 0 Å². The number of likely N-dealkylation sites (N-methyl/N-ethyl adjacent to an activating group) is 1. The Kier molecular flexibility index (Phi) is 6.07. The van der Waals surface area contributed by atoms with E-state index in [1.165, 1.54) is 12.0 Å². The molecular formula is C18H29NO2. The highest BCUT2D eigenvalue weighted by atomic mass is 16.5. The van der Waals surface area contributed by atoms with Crippen molar-refractivity contribution in [2.24, 2.45) is 0 Å². The van der Waals surface area contributed by atoms with Crippen LogP contribution in [0.3, 0.4) is 0 Å². The first-order valence-corrected chi connectivity index (χ1v) is 8.25. The molecule has 1 aromatic rings. The van der Waals surface area contributed by atoms with Gasteiger partial charge in [0.05, 0.1) is 0 Å². The van der Waals surface area contributed by atoms with Crippen LogP contribution in [0.1, 0.15) is 51.5 Å². The van der Waals surface area contributed by atoms with Crippen molar-refractivity contribution >= 4 is 0 Å². The average molecular weight is 291 g/mol. The average Bonchev–Trinajstić information content (AvgIpc) is 2.51. The zero-order valence-corrected chi connectivity index (χ0v) is 13.8. The monoisotopic (exact) mass is 291 g/mol. The van der Waals surface area contributed by atoms with Crippen LogP contribution in [0.4, 0.5) is 0 Å². The van der Waals surface area contributed by atoms with Crippen LogP contribution in [-0.4, -0.2) is 31.9 Å². The van der Waals surface area contributed by atoms with Gasteiger partial charge < -0.3 is 14.8 Å². The van der Waals surface area contributed by atoms with Gasteiger partial charge in [-0.2, -0.15) is 0 Å². The van der Waals surface area contributed by atoms with Crippen molar-refractivity contribution in [1.82, 2.24) is 5.32 Å². The molecule has 4 atom stereocenters. The molecule has 1 aromatic carbocycles. The molecule has 3 nitrogen and oxygen atoms in total. The molecule has 1 fully saturated rings. The Morgan fingerprint density at radius 2 is 1.95 bits per heavy atom. The van der Waals surface area contributed by atoms with Crippen molar-refractivity contribution < 1.29 is 9.47 Å². The summed E-state index contributed by atoms with van der Waals surface area (Å²) in [5, 5.41) is 3.30. The van der Waals surface area contributed by atoms with Gasteiger partial charge in [-0.3, -0.25) is 0 Å². The fourth-order valence-corrected chi connectivity index (χ4v) is 2.74. The maximum absolute atomic E-state index is 6.10. The normalized spacial score (nSPS) is 26.2. The van der Waals surface area contributed by atoms with E-state index in [0.717, 1.165) is 25.2 Å². The highest BCUT2D eigenvalue weighted by molar-refractivity contribution is 5.29. The van der Waals surface area contributed by atoms with Gasteiger partial charge in [-0.1, -0.05) is 32.9 Å². The molecule has 3 heteroatoms. The van der Waals surface area contributed by atoms with Crippen molar-refractivity contribution in [2.75, 3.05) is 13.7 Å². The summed E-state index contributed by atoms with van der Waals surface area (Å²) >= 11 is 0. The zero-order valence-electron chi connectivity index (χ0n) is 13.8. The van der Waals surface area contributed by atoms with Crippen LogP contribution in [0, 0.1) is 0 Å². The van der Waals surface area contributed by atoms with Crippen molar-refractivity contribution in [3.05, 3.63) is 29.8 Å². The molecule has 0 radical (unpaired) electrons. The summed E-state index contributed by atoms with van der Waals surface area (Å²) in [5.74, 6) is 1.56. The number of rotatable bonds is 8.